The van der Waals surface area contributed by atoms with Crippen molar-refractivity contribution < 1.29 is 31.1 Å². The molecule has 1 aromatic rings. The summed E-state index contributed by atoms with van der Waals surface area (Å²) in [5, 5.41) is 2.81. The maximum absolute atomic E-state index is 13.0. The molecule has 0 bridgehead atoms. The number of halogens is 3. The van der Waals surface area contributed by atoms with Crippen LogP contribution in [0.3, 0.4) is 0 Å². The number of hydrogen-bond acceptors (Lipinski definition) is 6. The van der Waals surface area contributed by atoms with Gasteiger partial charge in [0.25, 0.3) is 15.9 Å². The van der Waals surface area contributed by atoms with Gasteiger partial charge in [-0.25, -0.2) is 8.42 Å². The molecule has 0 aliphatic carbocycles. The maximum atomic E-state index is 13.0. The first-order valence-corrected chi connectivity index (χ1v) is 12.0. The van der Waals surface area contributed by atoms with Crippen LogP contribution in [0, 0.1) is 0 Å². The van der Waals surface area contributed by atoms with Gasteiger partial charge in [0, 0.05) is 32.4 Å². The minimum Gasteiger partial charge on any atom is -0.379 e. The second kappa shape index (κ2) is 9.27. The van der Waals surface area contributed by atoms with E-state index in [1.165, 1.54) is 18.2 Å². The lowest BCUT2D eigenvalue weighted by Gasteiger charge is -2.35. The molecule has 1 unspecified atom stereocenters. The van der Waals surface area contributed by atoms with Crippen LogP contribution in [-0.2, 0) is 25.7 Å². The molecule has 0 spiro atoms. The van der Waals surface area contributed by atoms with Crippen LogP contribution in [0.2, 0.25) is 0 Å². The van der Waals surface area contributed by atoms with E-state index in [4.69, 9.17) is 4.74 Å². The van der Waals surface area contributed by atoms with Crippen molar-refractivity contribution in [1.82, 2.24) is 15.1 Å². The Morgan fingerprint density at radius 2 is 1.85 bits per heavy atom. The lowest BCUT2D eigenvalue weighted by atomic mass is 10.0. The summed E-state index contributed by atoms with van der Waals surface area (Å²) >= 11 is 0. The fraction of sp³-hybridized carbons (Fsp3) is 0.429. The summed E-state index contributed by atoms with van der Waals surface area (Å²) in [7, 11) is -3.65. The first-order chi connectivity index (χ1) is 15.6. The largest absolute Gasteiger partial charge is 0.416 e. The summed E-state index contributed by atoms with van der Waals surface area (Å²) < 4.78 is 71.9. The number of carbonyl (C=O) groups excluding carboxylic acids is 1. The Hall–Kier alpha value is -2.70. The molecule has 0 radical (unpaired) electrons. The van der Waals surface area contributed by atoms with Gasteiger partial charge in [0.2, 0.25) is 0 Å². The number of nitrogens with zero attached hydrogens (tertiary/aromatic N) is 3. The fourth-order valence-electron chi connectivity index (χ4n) is 3.92. The zero-order valence-electron chi connectivity index (χ0n) is 17.6. The number of benzene rings is 1. The van der Waals surface area contributed by atoms with Gasteiger partial charge >= 0.3 is 6.18 Å². The average Bonchev–Trinajstić information content (AvgIpc) is 2.78. The first-order valence-electron chi connectivity index (χ1n) is 10.4. The van der Waals surface area contributed by atoms with Gasteiger partial charge in [-0.05, 0) is 29.8 Å². The van der Waals surface area contributed by atoms with Crippen molar-refractivity contribution in [2.75, 3.05) is 45.1 Å². The number of ether oxygens (including phenoxy) is 1. The molecule has 8 nitrogen and oxygen atoms in total. The molecule has 0 saturated carbocycles. The molecule has 3 aliphatic heterocycles. The van der Waals surface area contributed by atoms with Crippen LogP contribution in [0.15, 0.2) is 52.6 Å². The van der Waals surface area contributed by atoms with Crippen molar-refractivity contribution in [3.8, 4) is 0 Å². The molecule has 1 atom stereocenters. The Balaban J connectivity index is 1.53. The van der Waals surface area contributed by atoms with E-state index >= 15 is 0 Å². The number of alkyl halides is 3. The van der Waals surface area contributed by atoms with E-state index in [9.17, 15) is 26.4 Å². The zero-order chi connectivity index (χ0) is 23.6. The normalized spacial score (nSPS) is 21.6. The lowest BCUT2D eigenvalue weighted by Crippen LogP contribution is -2.46. The van der Waals surface area contributed by atoms with Crippen LogP contribution in [0.25, 0.3) is 0 Å². The van der Waals surface area contributed by atoms with E-state index in [1.807, 2.05) is 4.90 Å². The third-order valence-corrected chi connectivity index (χ3v) is 6.82. The van der Waals surface area contributed by atoms with E-state index < -0.39 is 27.7 Å². The second-order valence-electron chi connectivity index (χ2n) is 7.81. The van der Waals surface area contributed by atoms with E-state index in [1.54, 1.807) is 17.2 Å². The summed E-state index contributed by atoms with van der Waals surface area (Å²) in [6.07, 6.45) is 0.354. The van der Waals surface area contributed by atoms with Crippen LogP contribution >= 0.6 is 0 Å². The van der Waals surface area contributed by atoms with E-state index in [0.717, 1.165) is 12.1 Å². The van der Waals surface area contributed by atoms with Gasteiger partial charge in [-0.1, -0.05) is 12.1 Å². The smallest absolute Gasteiger partial charge is 0.379 e. The van der Waals surface area contributed by atoms with Crippen LogP contribution in [0.1, 0.15) is 17.2 Å². The summed E-state index contributed by atoms with van der Waals surface area (Å²) in [6, 6.07) is 4.50. The first kappa shape index (κ1) is 23.5. The molecule has 33 heavy (non-hydrogen) atoms. The number of carbonyl (C=O) groups is 1. The molecule has 1 fully saturated rings. The summed E-state index contributed by atoms with van der Waals surface area (Å²) in [4.78, 5) is 16.6. The minimum absolute atomic E-state index is 0.0682. The van der Waals surface area contributed by atoms with Crippen LogP contribution in [-0.4, -0.2) is 75.1 Å². The number of rotatable bonds is 5. The van der Waals surface area contributed by atoms with Gasteiger partial charge < -0.3 is 15.0 Å². The second-order valence-corrected chi connectivity index (χ2v) is 9.56. The summed E-state index contributed by atoms with van der Waals surface area (Å²) in [5.74, 6) is -0.577. The molecule has 3 heterocycles. The Morgan fingerprint density at radius 1 is 1.15 bits per heavy atom. The predicted molar refractivity (Wildman–Crippen MR) is 115 cm³/mol. The van der Waals surface area contributed by atoms with Gasteiger partial charge in [-0.3, -0.25) is 9.69 Å². The minimum atomic E-state index is -4.44. The lowest BCUT2D eigenvalue weighted by molar-refractivity contribution is -0.137. The fourth-order valence-corrected chi connectivity index (χ4v) is 4.90. The number of fused-ring (bicyclic) bond motifs is 1. The van der Waals surface area contributed by atoms with E-state index in [-0.39, 0.29) is 36.3 Å². The van der Waals surface area contributed by atoms with Crippen molar-refractivity contribution in [3.63, 3.8) is 0 Å². The van der Waals surface area contributed by atoms with Crippen molar-refractivity contribution in [2.45, 2.75) is 12.2 Å². The molecular weight excluding hydrogens is 461 g/mol. The number of morpholine rings is 1. The third kappa shape index (κ3) is 5.45. The highest BCUT2D eigenvalue weighted by Gasteiger charge is 2.32. The highest BCUT2D eigenvalue weighted by atomic mass is 32.2. The van der Waals surface area contributed by atoms with Gasteiger partial charge in [-0.2, -0.15) is 13.2 Å². The predicted octanol–water partition coefficient (Wildman–Crippen LogP) is 1.69. The Morgan fingerprint density at radius 3 is 2.52 bits per heavy atom. The molecule has 178 valence electrons. The van der Waals surface area contributed by atoms with Crippen molar-refractivity contribution in [3.05, 3.63) is 59.3 Å². The molecule has 1 aromatic carbocycles. The SMILES string of the molecule is O=C(NCC(c1ccc(C(F)(F)F)cc1)N1CCOCC1)C1=CC=CN2CCS(=O)(=O)N=C12. The molecule has 1 N–H and O–H groups in total. The molecule has 4 rings (SSSR count). The standard InChI is InChI=1S/C21H23F3N4O4S/c22-21(23,24)16-5-3-15(4-6-16)18(27-8-11-32-12-9-27)14-25-20(29)17-2-1-7-28-10-13-33(30,31)26-19(17)28/h1-7,18H,8-14H2,(H,25,29). The van der Waals surface area contributed by atoms with Crippen LogP contribution in [0.5, 0.6) is 0 Å². The monoisotopic (exact) mass is 484 g/mol. The molecule has 1 saturated heterocycles. The number of hydrogen-bond donors (Lipinski definition) is 1. The van der Waals surface area contributed by atoms with Gasteiger partial charge in [0.15, 0.2) is 5.84 Å². The quantitative estimate of drug-likeness (QED) is 0.684. The number of amidine groups is 1. The van der Waals surface area contributed by atoms with E-state index in [0.29, 0.717) is 31.9 Å². The van der Waals surface area contributed by atoms with Crippen LogP contribution in [0.4, 0.5) is 13.2 Å². The number of amides is 1. The van der Waals surface area contributed by atoms with Gasteiger partial charge in [0.1, 0.15) is 0 Å². The van der Waals surface area contributed by atoms with E-state index in [2.05, 4.69) is 9.71 Å². The van der Waals surface area contributed by atoms with Crippen molar-refractivity contribution in [1.29, 1.82) is 0 Å². The average molecular weight is 485 g/mol. The third-order valence-electron chi connectivity index (χ3n) is 5.67. The number of sulfonamides is 1. The summed E-state index contributed by atoms with van der Waals surface area (Å²) in [5.41, 5.74) is 0.00243. The van der Waals surface area contributed by atoms with Crippen LogP contribution < -0.4 is 5.32 Å². The Kier molecular flexibility index (Phi) is 6.59. The van der Waals surface area contributed by atoms with Gasteiger partial charge in [-0.15, -0.1) is 4.40 Å². The highest BCUT2D eigenvalue weighted by molar-refractivity contribution is 7.90. The topological polar surface area (TPSA) is 91.3 Å². The highest BCUT2D eigenvalue weighted by Crippen LogP contribution is 2.31. The number of nitrogens with one attached hydrogen (secondary N) is 1. The zero-order valence-corrected chi connectivity index (χ0v) is 18.4. The molecular formula is C21H23F3N4O4S. The maximum Gasteiger partial charge on any atom is 0.416 e. The molecule has 1 amide bonds. The molecule has 12 heteroatoms. The van der Waals surface area contributed by atoms with Gasteiger partial charge in [0.05, 0.1) is 36.1 Å². The summed E-state index contributed by atoms with van der Waals surface area (Å²) in [6.45, 7) is 2.39. The Bertz CT molecular complexity index is 1090. The molecule has 0 aromatic heterocycles. The van der Waals surface area contributed by atoms with Crippen molar-refractivity contribution >= 4 is 21.8 Å². The Labute approximate surface area is 189 Å². The molecule has 3 aliphatic rings. The number of allylic oxidation sites excluding steroid dienone is 2. The van der Waals surface area contributed by atoms with Crippen molar-refractivity contribution in [2.24, 2.45) is 4.40 Å².